The highest BCUT2D eigenvalue weighted by molar-refractivity contribution is 7.14. The van der Waals surface area contributed by atoms with E-state index in [1.807, 2.05) is 0 Å². The van der Waals surface area contributed by atoms with Crippen LogP contribution >= 0.6 is 22.7 Å². The van der Waals surface area contributed by atoms with Gasteiger partial charge < -0.3 is 18.9 Å². The summed E-state index contributed by atoms with van der Waals surface area (Å²) >= 11 is 2.35. The number of hydrogen-bond donors (Lipinski definition) is 0. The number of ether oxygens (including phenoxy) is 4. The molecule has 12 heteroatoms. The molecular formula is C18H12N2O8S2. The Labute approximate surface area is 176 Å². The maximum atomic E-state index is 11.9. The maximum absolute atomic E-state index is 11.9. The van der Waals surface area contributed by atoms with E-state index in [0.29, 0.717) is 59.2 Å². The zero-order valence-corrected chi connectivity index (χ0v) is 16.7. The molecular weight excluding hydrogens is 436 g/mol. The van der Waals surface area contributed by atoms with Crippen LogP contribution in [0.5, 0.6) is 23.0 Å². The Hall–Kier alpha value is -3.38. The number of fused-ring (bicyclic) bond motifs is 2. The fraction of sp³-hybridized carbons (Fsp3) is 0.222. The van der Waals surface area contributed by atoms with E-state index in [1.165, 1.54) is 34.8 Å². The third kappa shape index (κ3) is 2.92. The summed E-state index contributed by atoms with van der Waals surface area (Å²) in [6, 6.07) is 2.43. The van der Waals surface area contributed by atoms with Crippen LogP contribution in [-0.4, -0.2) is 36.3 Å². The van der Waals surface area contributed by atoms with E-state index in [0.717, 1.165) is 0 Å². The van der Waals surface area contributed by atoms with Crippen LogP contribution in [0.4, 0.5) is 11.4 Å². The van der Waals surface area contributed by atoms with Gasteiger partial charge in [0.25, 0.3) is 11.4 Å². The number of nitrogens with zero attached hydrogens (tertiary/aromatic N) is 2. The summed E-state index contributed by atoms with van der Waals surface area (Å²) in [5.41, 5.74) is -0.328. The van der Waals surface area contributed by atoms with E-state index in [1.54, 1.807) is 10.8 Å². The van der Waals surface area contributed by atoms with Crippen LogP contribution in [0, 0.1) is 20.2 Å². The molecule has 0 atom stereocenters. The van der Waals surface area contributed by atoms with Gasteiger partial charge in [-0.05, 0) is 0 Å². The second-order valence-electron chi connectivity index (χ2n) is 6.31. The lowest BCUT2D eigenvalue weighted by Gasteiger charge is -2.17. The Morgan fingerprint density at radius 1 is 0.700 bits per heavy atom. The number of nitro groups is 2. The predicted octanol–water partition coefficient (Wildman–Crippen LogP) is 4.50. The molecule has 30 heavy (non-hydrogen) atoms. The lowest BCUT2D eigenvalue weighted by atomic mass is 10.0. The highest BCUT2D eigenvalue weighted by Crippen LogP contribution is 2.53. The molecule has 0 aliphatic carbocycles. The fourth-order valence-corrected chi connectivity index (χ4v) is 5.25. The molecule has 0 unspecified atom stereocenters. The second-order valence-corrected chi connectivity index (χ2v) is 8.07. The minimum Gasteiger partial charge on any atom is -0.485 e. The lowest BCUT2D eigenvalue weighted by molar-refractivity contribution is -0.388. The van der Waals surface area contributed by atoms with Crippen molar-refractivity contribution in [3.8, 4) is 43.9 Å². The molecule has 2 aliphatic heterocycles. The molecule has 0 saturated carbocycles. The average molecular weight is 448 g/mol. The Bertz CT molecular complexity index is 1090. The van der Waals surface area contributed by atoms with Gasteiger partial charge in [0.05, 0.1) is 30.7 Å². The SMILES string of the molecule is O=[N+]([O-])c1cc(-c2scc3c2OCCO3)c([N+](=O)[O-])cc1-c1scc2c1OCCO2. The van der Waals surface area contributed by atoms with Crippen molar-refractivity contribution in [2.45, 2.75) is 0 Å². The summed E-state index contributed by atoms with van der Waals surface area (Å²) in [7, 11) is 0. The molecule has 0 spiro atoms. The van der Waals surface area contributed by atoms with Crippen LogP contribution in [0.3, 0.4) is 0 Å². The van der Waals surface area contributed by atoms with E-state index >= 15 is 0 Å². The van der Waals surface area contributed by atoms with Crippen LogP contribution in [-0.2, 0) is 0 Å². The van der Waals surface area contributed by atoms with E-state index in [4.69, 9.17) is 18.9 Å². The van der Waals surface area contributed by atoms with Crippen molar-refractivity contribution < 1.29 is 28.8 Å². The van der Waals surface area contributed by atoms with Gasteiger partial charge >= 0.3 is 0 Å². The van der Waals surface area contributed by atoms with Gasteiger partial charge in [0.2, 0.25) is 0 Å². The molecule has 1 aromatic carbocycles. The minimum absolute atomic E-state index is 0.106. The normalized spacial score (nSPS) is 14.4. The Morgan fingerprint density at radius 3 is 1.50 bits per heavy atom. The summed E-state index contributed by atoms with van der Waals surface area (Å²) in [4.78, 5) is 23.5. The van der Waals surface area contributed by atoms with Crippen molar-refractivity contribution >= 4 is 34.0 Å². The summed E-state index contributed by atoms with van der Waals surface area (Å²) in [5, 5.41) is 27.1. The van der Waals surface area contributed by atoms with Crippen LogP contribution in [0.15, 0.2) is 22.9 Å². The summed E-state index contributed by atoms with van der Waals surface area (Å²) in [6.45, 7) is 1.33. The molecule has 0 amide bonds. The first kappa shape index (κ1) is 18.6. The minimum atomic E-state index is -0.560. The van der Waals surface area contributed by atoms with Gasteiger partial charge in [0.1, 0.15) is 26.4 Å². The van der Waals surface area contributed by atoms with E-state index in [2.05, 4.69) is 0 Å². The zero-order chi connectivity index (χ0) is 20.8. The third-order valence-corrected chi connectivity index (χ3v) is 6.54. The monoisotopic (exact) mass is 448 g/mol. The Balaban J connectivity index is 1.74. The van der Waals surface area contributed by atoms with E-state index in [-0.39, 0.29) is 22.5 Å². The molecule has 154 valence electrons. The van der Waals surface area contributed by atoms with E-state index < -0.39 is 9.85 Å². The molecule has 2 aromatic heterocycles. The maximum Gasteiger partial charge on any atom is 0.279 e. The zero-order valence-electron chi connectivity index (χ0n) is 15.1. The molecule has 0 N–H and O–H groups in total. The molecule has 4 heterocycles. The average Bonchev–Trinajstić information content (AvgIpc) is 3.37. The first-order chi connectivity index (χ1) is 14.5. The van der Waals surface area contributed by atoms with Gasteiger partial charge in [-0.3, -0.25) is 20.2 Å². The number of nitro benzene ring substituents is 2. The number of rotatable bonds is 4. The molecule has 0 saturated heterocycles. The van der Waals surface area contributed by atoms with Gasteiger partial charge in [0, 0.05) is 22.9 Å². The van der Waals surface area contributed by atoms with Gasteiger partial charge in [-0.25, -0.2) is 0 Å². The molecule has 2 aliphatic rings. The van der Waals surface area contributed by atoms with Crippen molar-refractivity contribution in [2.75, 3.05) is 26.4 Å². The van der Waals surface area contributed by atoms with Crippen LogP contribution in [0.1, 0.15) is 0 Å². The largest absolute Gasteiger partial charge is 0.485 e. The molecule has 0 fully saturated rings. The summed E-state index contributed by atoms with van der Waals surface area (Å²) < 4.78 is 22.2. The Morgan fingerprint density at radius 2 is 1.10 bits per heavy atom. The van der Waals surface area contributed by atoms with Crippen LogP contribution in [0.25, 0.3) is 20.9 Å². The number of benzene rings is 1. The molecule has 0 radical (unpaired) electrons. The quantitative estimate of drug-likeness (QED) is 0.422. The van der Waals surface area contributed by atoms with Crippen molar-refractivity contribution in [1.82, 2.24) is 0 Å². The Kier molecular flexibility index (Phi) is 4.44. The van der Waals surface area contributed by atoms with Crippen molar-refractivity contribution in [1.29, 1.82) is 0 Å². The van der Waals surface area contributed by atoms with Crippen LogP contribution < -0.4 is 18.9 Å². The molecule has 10 nitrogen and oxygen atoms in total. The van der Waals surface area contributed by atoms with Crippen molar-refractivity contribution in [2.24, 2.45) is 0 Å². The summed E-state index contributed by atoms with van der Waals surface area (Å²) in [5.74, 6) is 1.67. The van der Waals surface area contributed by atoms with Crippen molar-refractivity contribution in [3.63, 3.8) is 0 Å². The van der Waals surface area contributed by atoms with Crippen LogP contribution in [0.2, 0.25) is 0 Å². The highest BCUT2D eigenvalue weighted by Gasteiger charge is 2.33. The first-order valence-corrected chi connectivity index (χ1v) is 10.5. The standard InChI is InChI=1S/C18H12N2O8S2/c21-19(22)11-6-10(18-16-14(8-30-18)26-2-4-28-16)12(20(23)24)5-9(11)17-15-13(7-29-17)25-1-3-27-15/h5-8H,1-4H2. The lowest BCUT2D eigenvalue weighted by Crippen LogP contribution is -2.14. The van der Waals surface area contributed by atoms with E-state index in [9.17, 15) is 20.2 Å². The van der Waals surface area contributed by atoms with Gasteiger partial charge in [0.15, 0.2) is 23.0 Å². The van der Waals surface area contributed by atoms with Gasteiger partial charge in [-0.2, -0.15) is 0 Å². The second kappa shape index (κ2) is 7.15. The summed E-state index contributed by atoms with van der Waals surface area (Å²) in [6.07, 6.45) is 0. The molecule has 3 aromatic rings. The van der Waals surface area contributed by atoms with Gasteiger partial charge in [-0.15, -0.1) is 22.7 Å². The third-order valence-electron chi connectivity index (χ3n) is 4.60. The fourth-order valence-electron chi connectivity index (χ4n) is 3.34. The molecule has 0 bridgehead atoms. The first-order valence-electron chi connectivity index (χ1n) is 8.76. The van der Waals surface area contributed by atoms with Crippen molar-refractivity contribution in [3.05, 3.63) is 43.1 Å². The molecule has 5 rings (SSSR count). The topological polar surface area (TPSA) is 123 Å². The van der Waals surface area contributed by atoms with Gasteiger partial charge in [-0.1, -0.05) is 0 Å². The smallest absolute Gasteiger partial charge is 0.279 e. The highest BCUT2D eigenvalue weighted by atomic mass is 32.1. The predicted molar refractivity (Wildman–Crippen MR) is 108 cm³/mol. The number of thiophene rings is 2. The number of hydrogen-bond acceptors (Lipinski definition) is 10.